The summed E-state index contributed by atoms with van der Waals surface area (Å²) in [6, 6.07) is 0. The van der Waals surface area contributed by atoms with Crippen LogP contribution in [-0.4, -0.2) is 24.1 Å². The summed E-state index contributed by atoms with van der Waals surface area (Å²) in [4.78, 5) is 0. The second kappa shape index (κ2) is 3.90. The largest absolute Gasteiger partial charge is 0.396 e. The third-order valence-electron chi connectivity index (χ3n) is 1.25. The first-order chi connectivity index (χ1) is 4.90. The molecule has 0 aliphatic heterocycles. The van der Waals surface area contributed by atoms with Gasteiger partial charge < -0.3 is 5.11 Å². The highest BCUT2D eigenvalue weighted by molar-refractivity contribution is 4.71. The molecule has 1 N–H and O–H groups in total. The lowest BCUT2D eigenvalue weighted by Crippen LogP contribution is -2.29. The molecule has 0 radical (unpaired) electrons. The van der Waals surface area contributed by atoms with Gasteiger partial charge in [-0.25, -0.2) is 17.6 Å². The van der Waals surface area contributed by atoms with Gasteiger partial charge in [0.2, 0.25) is 0 Å². The molecule has 11 heavy (non-hydrogen) atoms. The van der Waals surface area contributed by atoms with Crippen LogP contribution in [0.4, 0.5) is 17.6 Å². The van der Waals surface area contributed by atoms with E-state index in [-0.39, 0.29) is 0 Å². The van der Waals surface area contributed by atoms with Crippen LogP contribution in [0.1, 0.15) is 13.3 Å². The van der Waals surface area contributed by atoms with E-state index in [1.165, 1.54) is 6.92 Å². The summed E-state index contributed by atoms with van der Waals surface area (Å²) < 4.78 is 47.2. The molecule has 1 unspecified atom stereocenters. The average molecular weight is 174 g/mol. The number of hydrogen-bond donors (Lipinski definition) is 1. The second-order valence-electron chi connectivity index (χ2n) is 2.55. The Balaban J connectivity index is 3.90. The molecule has 0 saturated heterocycles. The molecule has 0 aromatic heterocycles. The molecule has 1 atom stereocenters. The fraction of sp³-hybridized carbons (Fsp3) is 1.00. The van der Waals surface area contributed by atoms with E-state index in [4.69, 9.17) is 5.11 Å². The van der Waals surface area contributed by atoms with Crippen LogP contribution in [0.5, 0.6) is 0 Å². The highest BCUT2D eigenvalue weighted by atomic mass is 19.3. The summed E-state index contributed by atoms with van der Waals surface area (Å²) in [5.74, 6) is -4.76. The highest BCUT2D eigenvalue weighted by Gasteiger charge is 2.41. The Bertz CT molecular complexity index is 115. The van der Waals surface area contributed by atoms with Crippen LogP contribution in [0.25, 0.3) is 0 Å². The van der Waals surface area contributed by atoms with Gasteiger partial charge in [0.15, 0.2) is 0 Å². The lowest BCUT2D eigenvalue weighted by Gasteiger charge is -2.17. The van der Waals surface area contributed by atoms with Crippen molar-refractivity contribution in [2.24, 2.45) is 5.92 Å². The van der Waals surface area contributed by atoms with Gasteiger partial charge in [0, 0.05) is 13.0 Å². The number of aliphatic hydroxyl groups is 1. The van der Waals surface area contributed by atoms with E-state index in [1.54, 1.807) is 0 Å². The molecule has 0 aliphatic carbocycles. The molecular formula is C6H10F4O. The van der Waals surface area contributed by atoms with Crippen molar-refractivity contribution < 1.29 is 22.7 Å². The van der Waals surface area contributed by atoms with E-state index in [2.05, 4.69) is 0 Å². The van der Waals surface area contributed by atoms with Crippen molar-refractivity contribution in [2.75, 3.05) is 6.61 Å². The predicted molar refractivity (Wildman–Crippen MR) is 31.8 cm³/mol. The molecule has 68 valence electrons. The van der Waals surface area contributed by atoms with Crippen molar-refractivity contribution in [2.45, 2.75) is 25.7 Å². The van der Waals surface area contributed by atoms with Gasteiger partial charge in [0.25, 0.3) is 0 Å². The topological polar surface area (TPSA) is 20.2 Å². The van der Waals surface area contributed by atoms with Gasteiger partial charge in [-0.2, -0.15) is 0 Å². The molecule has 0 aromatic rings. The molecule has 5 heteroatoms. The molecule has 0 spiro atoms. The van der Waals surface area contributed by atoms with Gasteiger partial charge in [-0.15, -0.1) is 0 Å². The number of aliphatic hydroxyl groups excluding tert-OH is 1. The second-order valence-corrected chi connectivity index (χ2v) is 2.55. The summed E-state index contributed by atoms with van der Waals surface area (Å²) in [6.45, 7) is 0.790. The molecule has 0 amide bonds. The smallest absolute Gasteiger partial charge is 0.307 e. The maximum Gasteiger partial charge on any atom is 0.307 e. The van der Waals surface area contributed by atoms with Crippen molar-refractivity contribution in [3.05, 3.63) is 0 Å². The van der Waals surface area contributed by atoms with Crippen LogP contribution in [0.2, 0.25) is 0 Å². The third kappa shape index (κ3) is 3.55. The Kier molecular flexibility index (Phi) is 3.78. The minimum absolute atomic E-state index is 0.498. The summed E-state index contributed by atoms with van der Waals surface area (Å²) in [5, 5.41) is 8.30. The molecule has 0 bridgehead atoms. The van der Waals surface area contributed by atoms with Gasteiger partial charge in [0.05, 0.1) is 0 Å². The van der Waals surface area contributed by atoms with Gasteiger partial charge in [-0.3, -0.25) is 0 Å². The zero-order valence-electron chi connectivity index (χ0n) is 6.03. The Labute approximate surface area is 62.0 Å². The lowest BCUT2D eigenvalue weighted by atomic mass is 10.0. The van der Waals surface area contributed by atoms with Gasteiger partial charge in [0.1, 0.15) is 0 Å². The Hall–Kier alpha value is -0.320. The van der Waals surface area contributed by atoms with Gasteiger partial charge in [-0.05, 0) is 5.92 Å². The van der Waals surface area contributed by atoms with Gasteiger partial charge >= 0.3 is 12.3 Å². The van der Waals surface area contributed by atoms with Crippen LogP contribution >= 0.6 is 0 Å². The molecule has 0 saturated carbocycles. The Morgan fingerprint density at radius 1 is 1.36 bits per heavy atom. The average Bonchev–Trinajstić information content (AvgIpc) is 1.86. The molecule has 1 nitrogen and oxygen atoms in total. The summed E-state index contributed by atoms with van der Waals surface area (Å²) in [5.41, 5.74) is 0. The zero-order valence-corrected chi connectivity index (χ0v) is 6.03. The van der Waals surface area contributed by atoms with E-state index in [0.29, 0.717) is 0 Å². The molecule has 0 rings (SSSR count). The quantitative estimate of drug-likeness (QED) is 0.645. The summed E-state index contributed by atoms with van der Waals surface area (Å²) in [7, 11) is 0. The standard InChI is InChI=1S/C6H10F4O/c1-4(3-11)2-6(9,10)5(7)8/h4-5,11H,2-3H2,1H3. The molecular weight excluding hydrogens is 164 g/mol. The van der Waals surface area contributed by atoms with Crippen molar-refractivity contribution >= 4 is 0 Å². The third-order valence-corrected chi connectivity index (χ3v) is 1.25. The van der Waals surface area contributed by atoms with Crippen molar-refractivity contribution in [3.8, 4) is 0 Å². The summed E-state index contributed by atoms with van der Waals surface area (Å²) >= 11 is 0. The van der Waals surface area contributed by atoms with Crippen molar-refractivity contribution in [1.29, 1.82) is 0 Å². The molecule has 0 aromatic carbocycles. The Morgan fingerprint density at radius 2 is 1.82 bits per heavy atom. The lowest BCUT2D eigenvalue weighted by molar-refractivity contribution is -0.141. The molecule has 0 heterocycles. The monoisotopic (exact) mass is 174 g/mol. The highest BCUT2D eigenvalue weighted by Crippen LogP contribution is 2.29. The number of hydrogen-bond acceptors (Lipinski definition) is 1. The van der Waals surface area contributed by atoms with E-state index in [9.17, 15) is 17.6 Å². The first-order valence-electron chi connectivity index (χ1n) is 3.17. The normalized spacial score (nSPS) is 15.5. The van der Waals surface area contributed by atoms with Crippen molar-refractivity contribution in [3.63, 3.8) is 0 Å². The maximum absolute atomic E-state index is 12.1. The summed E-state index contributed by atoms with van der Waals surface area (Å²) in [6.07, 6.45) is -4.61. The number of halogens is 4. The molecule has 0 aliphatic rings. The molecule has 0 fully saturated rings. The van der Waals surface area contributed by atoms with Gasteiger partial charge in [-0.1, -0.05) is 6.92 Å². The van der Waals surface area contributed by atoms with Crippen LogP contribution in [0.15, 0.2) is 0 Å². The fourth-order valence-electron chi connectivity index (χ4n) is 0.618. The minimum Gasteiger partial charge on any atom is -0.396 e. The van der Waals surface area contributed by atoms with Crippen LogP contribution < -0.4 is 0 Å². The number of rotatable bonds is 4. The van der Waals surface area contributed by atoms with E-state index >= 15 is 0 Å². The first-order valence-corrected chi connectivity index (χ1v) is 3.17. The first kappa shape index (κ1) is 10.7. The SMILES string of the molecule is CC(CO)CC(F)(F)C(F)F. The minimum atomic E-state index is -3.97. The van der Waals surface area contributed by atoms with E-state index < -0.39 is 31.3 Å². The van der Waals surface area contributed by atoms with E-state index in [0.717, 1.165) is 0 Å². The number of alkyl halides is 4. The fourth-order valence-corrected chi connectivity index (χ4v) is 0.618. The van der Waals surface area contributed by atoms with Crippen LogP contribution in [-0.2, 0) is 0 Å². The predicted octanol–water partition coefficient (Wildman–Crippen LogP) is 1.91. The van der Waals surface area contributed by atoms with Crippen LogP contribution in [0, 0.1) is 5.92 Å². The van der Waals surface area contributed by atoms with E-state index in [1.807, 2.05) is 0 Å². The zero-order chi connectivity index (χ0) is 9.07. The van der Waals surface area contributed by atoms with Crippen molar-refractivity contribution in [1.82, 2.24) is 0 Å². The van der Waals surface area contributed by atoms with Crippen LogP contribution in [0.3, 0.4) is 0 Å². The maximum atomic E-state index is 12.1. The Morgan fingerprint density at radius 3 is 2.09 bits per heavy atom.